The van der Waals surface area contributed by atoms with Crippen LogP contribution >= 0.6 is 0 Å². The fourth-order valence-corrected chi connectivity index (χ4v) is 2.48. The van der Waals surface area contributed by atoms with E-state index in [-0.39, 0.29) is 24.5 Å². The predicted octanol–water partition coefficient (Wildman–Crippen LogP) is 1.49. The summed E-state index contributed by atoms with van der Waals surface area (Å²) in [5.74, 6) is 0. The molecule has 6 heteroatoms. The van der Waals surface area contributed by atoms with E-state index in [1.807, 2.05) is 10.8 Å². The van der Waals surface area contributed by atoms with E-state index >= 15 is 0 Å². The van der Waals surface area contributed by atoms with Crippen LogP contribution in [0.15, 0.2) is 12.5 Å². The van der Waals surface area contributed by atoms with Gasteiger partial charge in [-0.25, -0.2) is 4.98 Å². The second-order valence-corrected chi connectivity index (χ2v) is 6.28. The van der Waals surface area contributed by atoms with Gasteiger partial charge in [0.1, 0.15) is 6.23 Å². The van der Waals surface area contributed by atoms with Gasteiger partial charge in [0.2, 0.25) is 0 Å². The van der Waals surface area contributed by atoms with Crippen LogP contribution in [0.4, 0.5) is 0 Å². The molecular weight excluding hydrogens is 243 g/mol. The van der Waals surface area contributed by atoms with Crippen LogP contribution in [-0.4, -0.2) is 34.5 Å². The van der Waals surface area contributed by atoms with Gasteiger partial charge in [0.15, 0.2) is 0 Å². The SMILES string of the molecule is CC1(C)OB(c2cncn2C2CCCO2)OC1(C)C. The van der Waals surface area contributed by atoms with Gasteiger partial charge < -0.3 is 18.6 Å². The lowest BCUT2D eigenvalue weighted by molar-refractivity contribution is 0.00578. The molecule has 3 heterocycles. The summed E-state index contributed by atoms with van der Waals surface area (Å²) in [6.45, 7) is 9.03. The minimum Gasteiger partial charge on any atom is -0.398 e. The Balaban J connectivity index is 1.86. The largest absolute Gasteiger partial charge is 0.514 e. The number of aromatic nitrogens is 2. The Hall–Kier alpha value is -0.845. The van der Waals surface area contributed by atoms with Crippen LogP contribution in [-0.2, 0) is 14.0 Å². The molecule has 2 fully saturated rings. The minimum absolute atomic E-state index is 0.0662. The Morgan fingerprint density at radius 1 is 1.26 bits per heavy atom. The van der Waals surface area contributed by atoms with Crippen LogP contribution in [0.1, 0.15) is 46.8 Å². The standard InChI is InChI=1S/C13H21BN2O3/c1-12(2)13(3,4)19-14(18-12)10-8-15-9-16(10)11-6-5-7-17-11/h8-9,11H,5-7H2,1-4H3. The number of ether oxygens (including phenoxy) is 1. The highest BCUT2D eigenvalue weighted by atomic mass is 16.7. The Morgan fingerprint density at radius 2 is 1.95 bits per heavy atom. The monoisotopic (exact) mass is 264 g/mol. The van der Waals surface area contributed by atoms with E-state index in [0.717, 1.165) is 25.0 Å². The van der Waals surface area contributed by atoms with Gasteiger partial charge in [-0.3, -0.25) is 0 Å². The number of hydrogen-bond donors (Lipinski definition) is 0. The summed E-state index contributed by atoms with van der Waals surface area (Å²) in [6.07, 6.45) is 5.78. The average Bonchev–Trinajstić information content (AvgIpc) is 3.00. The van der Waals surface area contributed by atoms with Gasteiger partial charge in [-0.05, 0) is 40.5 Å². The molecule has 0 amide bonds. The first-order valence-electron chi connectivity index (χ1n) is 6.90. The summed E-state index contributed by atoms with van der Waals surface area (Å²) in [5.41, 5.74) is 0.276. The van der Waals surface area contributed by atoms with E-state index in [1.54, 1.807) is 6.33 Å². The average molecular weight is 264 g/mol. The predicted molar refractivity (Wildman–Crippen MR) is 72.2 cm³/mol. The van der Waals surface area contributed by atoms with Gasteiger partial charge in [0.05, 0.1) is 23.1 Å². The minimum atomic E-state index is -0.378. The lowest BCUT2D eigenvalue weighted by atomic mass is 9.85. The highest BCUT2D eigenvalue weighted by Gasteiger charge is 2.53. The quantitative estimate of drug-likeness (QED) is 0.759. The van der Waals surface area contributed by atoms with Crippen LogP contribution < -0.4 is 5.59 Å². The first-order valence-corrected chi connectivity index (χ1v) is 6.90. The lowest BCUT2D eigenvalue weighted by Crippen LogP contribution is -2.41. The van der Waals surface area contributed by atoms with E-state index in [4.69, 9.17) is 14.0 Å². The van der Waals surface area contributed by atoms with Crippen LogP contribution in [0.2, 0.25) is 0 Å². The van der Waals surface area contributed by atoms with Crippen LogP contribution in [0, 0.1) is 0 Å². The second kappa shape index (κ2) is 4.33. The fourth-order valence-electron chi connectivity index (χ4n) is 2.48. The zero-order valence-electron chi connectivity index (χ0n) is 12.0. The molecule has 1 atom stereocenters. The van der Waals surface area contributed by atoms with Crippen LogP contribution in [0.5, 0.6) is 0 Å². The van der Waals surface area contributed by atoms with Gasteiger partial charge in [-0.1, -0.05) is 0 Å². The van der Waals surface area contributed by atoms with Gasteiger partial charge in [0, 0.05) is 12.8 Å². The maximum atomic E-state index is 6.07. The summed E-state index contributed by atoms with van der Waals surface area (Å²) in [5, 5.41) is 0. The molecular formula is C13H21BN2O3. The first kappa shape index (κ1) is 13.2. The van der Waals surface area contributed by atoms with Gasteiger partial charge in [-0.2, -0.15) is 0 Å². The first-order chi connectivity index (χ1) is 8.91. The molecule has 0 aliphatic carbocycles. The molecule has 5 nitrogen and oxygen atoms in total. The smallest absolute Gasteiger partial charge is 0.398 e. The van der Waals surface area contributed by atoms with Crippen molar-refractivity contribution in [1.82, 2.24) is 9.55 Å². The highest BCUT2D eigenvalue weighted by Crippen LogP contribution is 2.36. The molecule has 104 valence electrons. The summed E-state index contributed by atoms with van der Waals surface area (Å²) in [7, 11) is -0.378. The molecule has 3 rings (SSSR count). The van der Waals surface area contributed by atoms with Gasteiger partial charge in [0.25, 0.3) is 0 Å². The maximum absolute atomic E-state index is 6.07. The number of rotatable bonds is 2. The zero-order chi connectivity index (χ0) is 13.7. The summed E-state index contributed by atoms with van der Waals surface area (Å²) in [4.78, 5) is 4.23. The summed E-state index contributed by atoms with van der Waals surface area (Å²) < 4.78 is 19.9. The molecule has 1 aromatic rings. The van der Waals surface area contributed by atoms with Crippen molar-refractivity contribution in [2.45, 2.75) is 58.0 Å². The third-order valence-electron chi connectivity index (χ3n) is 4.41. The number of imidazole rings is 1. The van der Waals surface area contributed by atoms with Crippen LogP contribution in [0.3, 0.4) is 0 Å². The molecule has 19 heavy (non-hydrogen) atoms. The van der Waals surface area contributed by atoms with Crippen molar-refractivity contribution >= 4 is 12.7 Å². The Morgan fingerprint density at radius 3 is 2.53 bits per heavy atom. The Labute approximate surface area is 114 Å². The van der Waals surface area contributed by atoms with Crippen molar-refractivity contribution in [3.63, 3.8) is 0 Å². The van der Waals surface area contributed by atoms with E-state index in [0.29, 0.717) is 0 Å². The molecule has 2 aliphatic rings. The molecule has 1 unspecified atom stereocenters. The van der Waals surface area contributed by atoms with Crippen molar-refractivity contribution in [2.24, 2.45) is 0 Å². The lowest BCUT2D eigenvalue weighted by Gasteiger charge is -2.32. The number of hydrogen-bond acceptors (Lipinski definition) is 4. The van der Waals surface area contributed by atoms with Crippen molar-refractivity contribution in [1.29, 1.82) is 0 Å². The number of nitrogens with zero attached hydrogens (tertiary/aromatic N) is 2. The Bertz CT molecular complexity index is 450. The molecule has 2 aliphatic heterocycles. The third kappa shape index (κ3) is 2.12. The Kier molecular flexibility index (Phi) is 3.00. The van der Waals surface area contributed by atoms with E-state index in [1.165, 1.54) is 0 Å². The molecule has 0 aromatic carbocycles. The molecule has 0 saturated carbocycles. The normalized spacial score (nSPS) is 29.1. The highest BCUT2D eigenvalue weighted by molar-refractivity contribution is 6.61. The molecule has 0 radical (unpaired) electrons. The van der Waals surface area contributed by atoms with Crippen LogP contribution in [0.25, 0.3) is 0 Å². The molecule has 2 saturated heterocycles. The molecule has 0 spiro atoms. The summed E-state index contributed by atoms with van der Waals surface area (Å²) in [6, 6.07) is 0. The van der Waals surface area contributed by atoms with E-state index in [2.05, 4.69) is 32.7 Å². The molecule has 0 bridgehead atoms. The van der Waals surface area contributed by atoms with E-state index < -0.39 is 0 Å². The fraction of sp³-hybridized carbons (Fsp3) is 0.769. The summed E-state index contributed by atoms with van der Waals surface area (Å²) >= 11 is 0. The third-order valence-corrected chi connectivity index (χ3v) is 4.41. The molecule has 0 N–H and O–H groups in total. The molecule has 1 aromatic heterocycles. The van der Waals surface area contributed by atoms with Gasteiger partial charge in [-0.15, -0.1) is 0 Å². The van der Waals surface area contributed by atoms with Crippen molar-refractivity contribution in [2.75, 3.05) is 6.61 Å². The van der Waals surface area contributed by atoms with E-state index in [9.17, 15) is 0 Å². The van der Waals surface area contributed by atoms with Gasteiger partial charge >= 0.3 is 7.12 Å². The maximum Gasteiger partial charge on any atom is 0.514 e. The van der Waals surface area contributed by atoms with Crippen molar-refractivity contribution in [3.05, 3.63) is 12.5 Å². The van der Waals surface area contributed by atoms with Crippen molar-refractivity contribution < 1.29 is 14.0 Å². The topological polar surface area (TPSA) is 45.5 Å². The second-order valence-electron chi connectivity index (χ2n) is 6.28. The van der Waals surface area contributed by atoms with Crippen molar-refractivity contribution in [3.8, 4) is 0 Å². The zero-order valence-corrected chi connectivity index (χ0v) is 12.0.